The van der Waals surface area contributed by atoms with Crippen molar-refractivity contribution < 1.29 is 4.92 Å². The predicted molar refractivity (Wildman–Crippen MR) is 82.2 cm³/mol. The van der Waals surface area contributed by atoms with Gasteiger partial charge in [0.15, 0.2) is 0 Å². The highest BCUT2D eigenvalue weighted by molar-refractivity contribution is 9.10. The molecular weight excluding hydrogens is 352 g/mol. The van der Waals surface area contributed by atoms with E-state index in [0.717, 1.165) is 9.35 Å². The van der Waals surface area contributed by atoms with E-state index in [0.29, 0.717) is 17.3 Å². The monoisotopic (exact) mass is 360 g/mol. The molecule has 0 aliphatic rings. The Morgan fingerprint density at radius 2 is 2.21 bits per heavy atom. The molecule has 0 amide bonds. The van der Waals surface area contributed by atoms with E-state index in [4.69, 9.17) is 11.6 Å². The van der Waals surface area contributed by atoms with Gasteiger partial charge in [0.1, 0.15) is 0 Å². The van der Waals surface area contributed by atoms with Gasteiger partial charge >= 0.3 is 0 Å². The van der Waals surface area contributed by atoms with Gasteiger partial charge in [-0.25, -0.2) is 0 Å². The molecule has 0 bridgehead atoms. The molecule has 2 rings (SSSR count). The zero-order chi connectivity index (χ0) is 14.0. The summed E-state index contributed by atoms with van der Waals surface area (Å²) < 4.78 is 1.07. The van der Waals surface area contributed by atoms with E-state index < -0.39 is 4.92 Å². The summed E-state index contributed by atoms with van der Waals surface area (Å²) in [6.45, 7) is 2.61. The van der Waals surface area contributed by atoms with Gasteiger partial charge in [0, 0.05) is 32.9 Å². The highest BCUT2D eigenvalue weighted by Crippen LogP contribution is 2.30. The molecular formula is C12H10BrClN2O2S. The number of anilines is 1. The van der Waals surface area contributed by atoms with Crippen molar-refractivity contribution in [3.05, 3.63) is 53.6 Å². The first-order valence-electron chi connectivity index (χ1n) is 5.40. The van der Waals surface area contributed by atoms with Crippen LogP contribution in [-0.4, -0.2) is 4.92 Å². The lowest BCUT2D eigenvalue weighted by molar-refractivity contribution is -0.384. The quantitative estimate of drug-likeness (QED) is 0.616. The number of thiophene rings is 1. The van der Waals surface area contributed by atoms with E-state index in [1.54, 1.807) is 11.3 Å². The first kappa shape index (κ1) is 14.3. The molecule has 0 atom stereocenters. The summed E-state index contributed by atoms with van der Waals surface area (Å²) in [6, 6.07) is 6.38. The van der Waals surface area contributed by atoms with Gasteiger partial charge in [-0.3, -0.25) is 10.1 Å². The Morgan fingerprint density at radius 1 is 1.47 bits per heavy atom. The van der Waals surface area contributed by atoms with Crippen LogP contribution in [0.15, 0.2) is 28.7 Å². The molecule has 0 spiro atoms. The smallest absolute Gasteiger partial charge is 0.271 e. The van der Waals surface area contributed by atoms with Gasteiger partial charge in [-0.2, -0.15) is 0 Å². The molecule has 0 unspecified atom stereocenters. The van der Waals surface area contributed by atoms with Gasteiger partial charge in [-0.05, 0) is 35.0 Å². The van der Waals surface area contributed by atoms with Gasteiger partial charge in [0.25, 0.3) is 5.69 Å². The van der Waals surface area contributed by atoms with Crippen molar-refractivity contribution >= 4 is 50.2 Å². The molecule has 1 aromatic heterocycles. The fourth-order valence-corrected chi connectivity index (χ4v) is 3.28. The Hall–Kier alpha value is -1.11. The Balaban J connectivity index is 2.14. The lowest BCUT2D eigenvalue weighted by atomic mass is 10.2. The summed E-state index contributed by atoms with van der Waals surface area (Å²) >= 11 is 11.1. The molecule has 19 heavy (non-hydrogen) atoms. The maximum Gasteiger partial charge on any atom is 0.271 e. The minimum Gasteiger partial charge on any atom is -0.379 e. The molecule has 0 saturated carbocycles. The van der Waals surface area contributed by atoms with Crippen LogP contribution in [0.1, 0.15) is 9.75 Å². The molecule has 0 aliphatic carbocycles. The number of hydrogen-bond donors (Lipinski definition) is 1. The number of non-ortho nitro benzene ring substituents is 1. The number of hydrogen-bond acceptors (Lipinski definition) is 4. The Labute approximate surface area is 127 Å². The maximum absolute atomic E-state index is 10.7. The van der Waals surface area contributed by atoms with E-state index in [9.17, 15) is 10.1 Å². The van der Waals surface area contributed by atoms with Crippen molar-refractivity contribution in [2.45, 2.75) is 13.5 Å². The highest BCUT2D eigenvalue weighted by atomic mass is 79.9. The molecule has 100 valence electrons. The molecule has 0 fully saturated rings. The van der Waals surface area contributed by atoms with E-state index in [1.165, 1.54) is 23.1 Å². The normalized spacial score (nSPS) is 10.5. The largest absolute Gasteiger partial charge is 0.379 e. The van der Waals surface area contributed by atoms with Gasteiger partial charge < -0.3 is 5.32 Å². The predicted octanol–water partition coefficient (Wildman–Crippen LogP) is 4.99. The summed E-state index contributed by atoms with van der Waals surface area (Å²) in [7, 11) is 0. The molecule has 1 N–H and O–H groups in total. The summed E-state index contributed by atoms with van der Waals surface area (Å²) in [5.41, 5.74) is 0.591. The van der Waals surface area contributed by atoms with Crippen LogP contribution in [0.5, 0.6) is 0 Å². The van der Waals surface area contributed by atoms with E-state index in [2.05, 4.69) is 21.2 Å². The summed E-state index contributed by atoms with van der Waals surface area (Å²) in [4.78, 5) is 12.6. The number of benzene rings is 1. The minimum atomic E-state index is -0.437. The molecule has 1 aromatic carbocycles. The Kier molecular flexibility index (Phi) is 4.44. The molecule has 0 aliphatic heterocycles. The SMILES string of the molecule is Cc1sc(CNc2cc([N+](=O)[O-])ccc2Cl)cc1Br. The summed E-state index contributed by atoms with van der Waals surface area (Å²) in [6.07, 6.45) is 0. The van der Waals surface area contributed by atoms with E-state index >= 15 is 0 Å². The zero-order valence-corrected chi connectivity index (χ0v) is 13.1. The molecule has 0 saturated heterocycles. The molecule has 7 heteroatoms. The van der Waals surface area contributed by atoms with Crippen LogP contribution in [0.25, 0.3) is 0 Å². The molecule has 4 nitrogen and oxygen atoms in total. The van der Waals surface area contributed by atoms with Gasteiger partial charge in [-0.1, -0.05) is 11.6 Å². The lowest BCUT2D eigenvalue weighted by Crippen LogP contribution is -1.99. The third kappa shape index (κ3) is 3.46. The van der Waals surface area contributed by atoms with Crippen molar-refractivity contribution in [3.8, 4) is 0 Å². The fourth-order valence-electron chi connectivity index (χ4n) is 1.55. The van der Waals surface area contributed by atoms with Crippen molar-refractivity contribution in [1.29, 1.82) is 0 Å². The van der Waals surface area contributed by atoms with Gasteiger partial charge in [-0.15, -0.1) is 11.3 Å². The second kappa shape index (κ2) is 5.90. The summed E-state index contributed by atoms with van der Waals surface area (Å²) in [5.74, 6) is 0. The van der Waals surface area contributed by atoms with Crippen LogP contribution in [0.4, 0.5) is 11.4 Å². The fraction of sp³-hybridized carbons (Fsp3) is 0.167. The first-order valence-corrected chi connectivity index (χ1v) is 7.38. The van der Waals surface area contributed by atoms with Crippen molar-refractivity contribution in [3.63, 3.8) is 0 Å². The third-order valence-electron chi connectivity index (χ3n) is 2.52. The molecule has 1 heterocycles. The minimum absolute atomic E-state index is 0.0236. The van der Waals surface area contributed by atoms with Crippen LogP contribution in [0.2, 0.25) is 5.02 Å². The number of nitro groups is 1. The van der Waals surface area contributed by atoms with E-state index in [1.807, 2.05) is 13.0 Å². The average molecular weight is 362 g/mol. The number of rotatable bonds is 4. The number of aryl methyl sites for hydroxylation is 1. The lowest BCUT2D eigenvalue weighted by Gasteiger charge is -2.06. The van der Waals surface area contributed by atoms with Crippen LogP contribution >= 0.6 is 38.9 Å². The third-order valence-corrected chi connectivity index (χ3v) is 4.99. The van der Waals surface area contributed by atoms with Crippen molar-refractivity contribution in [2.75, 3.05) is 5.32 Å². The number of halogens is 2. The number of nitro benzene ring substituents is 1. The van der Waals surface area contributed by atoms with Gasteiger partial charge in [0.2, 0.25) is 0 Å². The van der Waals surface area contributed by atoms with Crippen LogP contribution < -0.4 is 5.32 Å². The number of nitrogens with zero attached hydrogens (tertiary/aromatic N) is 1. The second-order valence-corrected chi connectivity index (χ2v) is 6.49. The summed E-state index contributed by atoms with van der Waals surface area (Å²) in [5, 5.41) is 14.3. The van der Waals surface area contributed by atoms with Crippen molar-refractivity contribution in [1.82, 2.24) is 0 Å². The second-order valence-electron chi connectivity index (χ2n) is 3.89. The highest BCUT2D eigenvalue weighted by Gasteiger charge is 2.10. The van der Waals surface area contributed by atoms with Crippen LogP contribution in [-0.2, 0) is 6.54 Å². The van der Waals surface area contributed by atoms with Crippen molar-refractivity contribution in [2.24, 2.45) is 0 Å². The molecule has 0 radical (unpaired) electrons. The zero-order valence-electron chi connectivity index (χ0n) is 9.94. The topological polar surface area (TPSA) is 55.2 Å². The molecule has 2 aromatic rings. The van der Waals surface area contributed by atoms with Gasteiger partial charge in [0.05, 0.1) is 15.6 Å². The standard InChI is InChI=1S/C12H10BrClN2O2S/c1-7-10(13)5-9(19-7)6-15-12-4-8(16(17)18)2-3-11(12)14/h2-5,15H,6H2,1H3. The number of nitrogens with one attached hydrogen (secondary N) is 1. The maximum atomic E-state index is 10.7. The van der Waals surface area contributed by atoms with Crippen LogP contribution in [0, 0.1) is 17.0 Å². The average Bonchev–Trinajstić information content (AvgIpc) is 2.67. The van der Waals surface area contributed by atoms with E-state index in [-0.39, 0.29) is 5.69 Å². The first-order chi connectivity index (χ1) is 8.97. The van der Waals surface area contributed by atoms with Crippen LogP contribution in [0.3, 0.4) is 0 Å². The Bertz CT molecular complexity index is 611. The Morgan fingerprint density at radius 3 is 2.79 bits per heavy atom.